The van der Waals surface area contributed by atoms with Crippen LogP contribution in [0.5, 0.6) is 0 Å². The van der Waals surface area contributed by atoms with Crippen LogP contribution in [-0.2, 0) is 0 Å². The van der Waals surface area contributed by atoms with Crippen molar-refractivity contribution in [1.82, 2.24) is 10.3 Å². The topological polar surface area (TPSA) is 105 Å². The third kappa shape index (κ3) is 1.92. The number of thiazole rings is 1. The van der Waals surface area contributed by atoms with Crippen molar-refractivity contribution >= 4 is 28.5 Å². The number of hydrogen-bond donors (Lipinski definition) is 3. The normalized spacial score (nSPS) is 9.33. The Morgan fingerprint density at radius 3 is 2.75 bits per heavy atom. The van der Waals surface area contributed by atoms with E-state index in [4.69, 9.17) is 10.8 Å². The van der Waals surface area contributed by atoms with Gasteiger partial charge in [0.25, 0.3) is 5.91 Å². The summed E-state index contributed by atoms with van der Waals surface area (Å²) in [5.41, 5.74) is 5.23. The molecular weight excluding hydrogens is 182 g/mol. The third-order valence-electron chi connectivity index (χ3n) is 0.968. The van der Waals surface area contributed by atoms with Crippen molar-refractivity contribution in [3.05, 3.63) is 11.1 Å². The van der Waals surface area contributed by atoms with Crippen molar-refractivity contribution in [2.24, 2.45) is 0 Å². The second-order valence-corrected chi connectivity index (χ2v) is 2.88. The first-order valence-electron chi connectivity index (χ1n) is 2.85. The van der Waals surface area contributed by atoms with Crippen molar-refractivity contribution < 1.29 is 14.7 Å². The molecule has 7 heteroatoms. The molecule has 0 unspecified atom stereocenters. The van der Waals surface area contributed by atoms with E-state index in [9.17, 15) is 9.59 Å². The number of imide groups is 1. The molecule has 0 saturated carbocycles. The van der Waals surface area contributed by atoms with Crippen LogP contribution in [-0.4, -0.2) is 22.1 Å². The Hall–Kier alpha value is -1.63. The number of hydrogen-bond acceptors (Lipinski definition) is 5. The molecule has 0 aliphatic rings. The van der Waals surface area contributed by atoms with Gasteiger partial charge in [0.2, 0.25) is 0 Å². The zero-order chi connectivity index (χ0) is 9.14. The van der Waals surface area contributed by atoms with E-state index in [1.54, 1.807) is 5.32 Å². The third-order valence-corrected chi connectivity index (χ3v) is 1.79. The fourth-order valence-corrected chi connectivity index (χ4v) is 1.13. The molecule has 64 valence electrons. The molecule has 0 spiro atoms. The van der Waals surface area contributed by atoms with Crippen molar-refractivity contribution in [3.8, 4) is 0 Å². The van der Waals surface area contributed by atoms with Gasteiger partial charge in [-0.15, -0.1) is 0 Å². The first-order chi connectivity index (χ1) is 5.59. The molecule has 1 aromatic heterocycles. The van der Waals surface area contributed by atoms with Crippen LogP contribution < -0.4 is 11.1 Å². The first-order valence-corrected chi connectivity index (χ1v) is 3.67. The SMILES string of the molecule is Nc1ncc(C(=O)NC(=O)O)s1. The Bertz CT molecular complexity index is 321. The summed E-state index contributed by atoms with van der Waals surface area (Å²) in [5, 5.41) is 10.1. The molecule has 1 heterocycles. The fourth-order valence-electron chi connectivity index (χ4n) is 0.551. The van der Waals surface area contributed by atoms with Crippen molar-refractivity contribution in [2.45, 2.75) is 0 Å². The van der Waals surface area contributed by atoms with Crippen LogP contribution in [0.3, 0.4) is 0 Å². The molecule has 0 aliphatic carbocycles. The molecule has 6 nitrogen and oxygen atoms in total. The Balaban J connectivity index is 2.72. The van der Waals surface area contributed by atoms with Crippen LogP contribution in [0.25, 0.3) is 0 Å². The van der Waals surface area contributed by atoms with E-state index in [1.807, 2.05) is 0 Å². The van der Waals surface area contributed by atoms with E-state index in [2.05, 4.69) is 4.98 Å². The van der Waals surface area contributed by atoms with Gasteiger partial charge in [-0.25, -0.2) is 9.78 Å². The van der Waals surface area contributed by atoms with E-state index in [1.165, 1.54) is 6.20 Å². The van der Waals surface area contributed by atoms with Crippen molar-refractivity contribution in [3.63, 3.8) is 0 Å². The Morgan fingerprint density at radius 1 is 1.67 bits per heavy atom. The zero-order valence-electron chi connectivity index (χ0n) is 5.77. The molecule has 0 aliphatic heterocycles. The van der Waals surface area contributed by atoms with Crippen LogP contribution in [0.4, 0.5) is 9.93 Å². The standard InChI is InChI=1S/C5H5N3O3S/c6-4-7-1-2(12-4)3(9)8-5(10)11/h1H,(H2,6,7)(H,8,9)(H,10,11). The number of rotatable bonds is 1. The first kappa shape index (κ1) is 8.47. The average Bonchev–Trinajstić information content (AvgIpc) is 2.34. The highest BCUT2D eigenvalue weighted by molar-refractivity contribution is 7.17. The summed E-state index contributed by atoms with van der Waals surface area (Å²) in [4.78, 5) is 24.7. The molecule has 4 N–H and O–H groups in total. The number of nitrogen functional groups attached to an aromatic ring is 1. The minimum absolute atomic E-state index is 0.176. The van der Waals surface area contributed by atoms with Crippen molar-refractivity contribution in [2.75, 3.05) is 5.73 Å². The van der Waals surface area contributed by atoms with Crippen LogP contribution in [0, 0.1) is 0 Å². The number of carbonyl (C=O) groups is 2. The molecule has 0 saturated heterocycles. The number of amides is 2. The lowest BCUT2D eigenvalue weighted by molar-refractivity contribution is 0.0952. The van der Waals surface area contributed by atoms with Crippen LogP contribution in [0.1, 0.15) is 9.67 Å². The molecule has 0 bridgehead atoms. The summed E-state index contributed by atoms with van der Waals surface area (Å²) in [6.45, 7) is 0. The van der Waals surface area contributed by atoms with E-state index in [-0.39, 0.29) is 10.0 Å². The second kappa shape index (κ2) is 3.18. The highest BCUT2D eigenvalue weighted by Crippen LogP contribution is 2.13. The highest BCUT2D eigenvalue weighted by atomic mass is 32.1. The summed E-state index contributed by atoms with van der Waals surface area (Å²) >= 11 is 0.929. The maximum absolute atomic E-state index is 10.9. The van der Waals surface area contributed by atoms with E-state index in [0.29, 0.717) is 0 Å². The molecule has 2 amide bonds. The Kier molecular flexibility index (Phi) is 2.24. The fraction of sp³-hybridized carbons (Fsp3) is 0. The molecule has 0 radical (unpaired) electrons. The number of aromatic nitrogens is 1. The highest BCUT2D eigenvalue weighted by Gasteiger charge is 2.11. The van der Waals surface area contributed by atoms with E-state index >= 15 is 0 Å². The maximum atomic E-state index is 10.9. The Morgan fingerprint density at radius 2 is 2.33 bits per heavy atom. The summed E-state index contributed by atoms with van der Waals surface area (Å²) in [6, 6.07) is 0. The summed E-state index contributed by atoms with van der Waals surface area (Å²) in [6.07, 6.45) is -0.176. The van der Waals surface area contributed by atoms with Crippen LogP contribution in [0.2, 0.25) is 0 Å². The van der Waals surface area contributed by atoms with E-state index in [0.717, 1.165) is 11.3 Å². The monoisotopic (exact) mass is 187 g/mol. The lowest BCUT2D eigenvalue weighted by atomic mass is 10.5. The van der Waals surface area contributed by atoms with Gasteiger partial charge < -0.3 is 10.8 Å². The lowest BCUT2D eigenvalue weighted by Gasteiger charge is -1.92. The van der Waals surface area contributed by atoms with Gasteiger partial charge in [-0.2, -0.15) is 0 Å². The summed E-state index contributed by atoms with van der Waals surface area (Å²) in [5.74, 6) is -0.711. The van der Waals surface area contributed by atoms with Gasteiger partial charge in [-0.05, 0) is 0 Å². The van der Waals surface area contributed by atoms with Gasteiger partial charge in [-0.1, -0.05) is 11.3 Å². The summed E-state index contributed by atoms with van der Waals surface area (Å²) < 4.78 is 0. The minimum atomic E-state index is -1.40. The largest absolute Gasteiger partial charge is 0.465 e. The Labute approximate surface area is 71.0 Å². The maximum Gasteiger partial charge on any atom is 0.411 e. The number of carboxylic acid groups (broad SMARTS) is 1. The van der Waals surface area contributed by atoms with Gasteiger partial charge in [-0.3, -0.25) is 10.1 Å². The number of nitrogens with one attached hydrogen (secondary N) is 1. The average molecular weight is 187 g/mol. The molecule has 0 fully saturated rings. The van der Waals surface area contributed by atoms with Crippen molar-refractivity contribution in [1.29, 1.82) is 0 Å². The predicted molar refractivity (Wildman–Crippen MR) is 42.0 cm³/mol. The minimum Gasteiger partial charge on any atom is -0.465 e. The van der Waals surface area contributed by atoms with Crippen LogP contribution >= 0.6 is 11.3 Å². The smallest absolute Gasteiger partial charge is 0.411 e. The van der Waals surface area contributed by atoms with E-state index < -0.39 is 12.0 Å². The van der Waals surface area contributed by atoms with Gasteiger partial charge in [0.15, 0.2) is 5.13 Å². The van der Waals surface area contributed by atoms with Crippen LogP contribution in [0.15, 0.2) is 6.20 Å². The molecule has 12 heavy (non-hydrogen) atoms. The van der Waals surface area contributed by atoms with Gasteiger partial charge in [0, 0.05) is 0 Å². The summed E-state index contributed by atoms with van der Waals surface area (Å²) in [7, 11) is 0. The number of nitrogens with zero attached hydrogens (tertiary/aromatic N) is 1. The molecular formula is C5H5N3O3S. The predicted octanol–water partition coefficient (Wildman–Crippen LogP) is 0.133. The molecule has 1 aromatic rings. The quantitative estimate of drug-likeness (QED) is 0.579. The lowest BCUT2D eigenvalue weighted by Crippen LogP contribution is -2.27. The van der Waals surface area contributed by atoms with Gasteiger partial charge in [0.1, 0.15) is 4.88 Å². The zero-order valence-corrected chi connectivity index (χ0v) is 6.59. The number of nitrogens with two attached hydrogens (primary N) is 1. The molecule has 0 aromatic carbocycles. The van der Waals surface area contributed by atoms with Gasteiger partial charge >= 0.3 is 6.09 Å². The number of carbonyl (C=O) groups excluding carboxylic acids is 1. The molecule has 1 rings (SSSR count). The van der Waals surface area contributed by atoms with Gasteiger partial charge in [0.05, 0.1) is 6.20 Å². The molecule has 0 atom stereocenters. The number of anilines is 1. The second-order valence-electron chi connectivity index (χ2n) is 1.82.